The second-order valence-corrected chi connectivity index (χ2v) is 17.4. The van der Waals surface area contributed by atoms with Crippen molar-refractivity contribution < 1.29 is 48.0 Å². The van der Waals surface area contributed by atoms with Gasteiger partial charge in [-0.3, -0.25) is 0 Å². The first-order valence-electron chi connectivity index (χ1n) is 13.7. The largest absolute Gasteiger partial charge is 1.00 e. The van der Waals surface area contributed by atoms with E-state index in [1.54, 1.807) is 16.7 Å². The maximum atomic E-state index is 2.64. The average molecular weight is 617 g/mol. The molecule has 2 aliphatic carbocycles. The van der Waals surface area contributed by atoms with Gasteiger partial charge in [-0.25, -0.2) is 0 Å². The zero-order chi connectivity index (χ0) is 25.8. The fraction of sp³-hybridized carbons (Fsp3) is 0.529. The molecule has 0 aliphatic heterocycles. The van der Waals surface area contributed by atoms with Crippen LogP contribution < -0.4 is 24.8 Å². The second kappa shape index (κ2) is 11.9. The third-order valence-corrected chi connectivity index (χ3v) is 12.2. The zero-order valence-electron chi connectivity index (χ0n) is 24.7. The monoisotopic (exact) mass is 614 g/mol. The summed E-state index contributed by atoms with van der Waals surface area (Å²) in [5.74, 6) is 0.672. The van der Waals surface area contributed by atoms with E-state index in [9.17, 15) is 0 Å². The Morgan fingerprint density at radius 2 is 1.19 bits per heavy atom. The van der Waals surface area contributed by atoms with Crippen LogP contribution in [0.15, 0.2) is 57.4 Å². The number of hydrogen-bond donors (Lipinski definition) is 0. The van der Waals surface area contributed by atoms with Gasteiger partial charge in [-0.15, -0.1) is 0 Å². The van der Waals surface area contributed by atoms with E-state index in [0.717, 1.165) is 0 Å². The molecule has 2 aromatic carbocycles. The van der Waals surface area contributed by atoms with E-state index in [2.05, 4.69) is 118 Å². The summed E-state index contributed by atoms with van der Waals surface area (Å²) in [6.07, 6.45) is 9.21. The molecule has 0 amide bonds. The predicted octanol–water partition coefficient (Wildman–Crippen LogP) is 4.12. The van der Waals surface area contributed by atoms with Crippen LogP contribution in [0.25, 0.3) is 11.1 Å². The minimum absolute atomic E-state index is 0. The molecule has 37 heavy (non-hydrogen) atoms. The van der Waals surface area contributed by atoms with Gasteiger partial charge in [0.25, 0.3) is 0 Å². The molecule has 0 bridgehead atoms. The molecule has 2 aromatic rings. The number of halogens is 2. The van der Waals surface area contributed by atoms with E-state index in [-0.39, 0.29) is 41.1 Å². The Morgan fingerprint density at radius 1 is 0.703 bits per heavy atom. The Labute approximate surface area is 251 Å². The molecule has 0 nitrogen and oxygen atoms in total. The van der Waals surface area contributed by atoms with Crippen molar-refractivity contribution in [3.05, 3.63) is 79.7 Å². The average Bonchev–Trinajstić information content (AvgIpc) is 3.30. The number of unbranched alkanes of at least 4 members (excludes halogenated alkanes) is 1. The van der Waals surface area contributed by atoms with Gasteiger partial charge < -0.3 is 24.8 Å². The Hall–Kier alpha value is -0.617. The minimum atomic E-state index is -0.869. The Morgan fingerprint density at radius 3 is 1.59 bits per heavy atom. The molecule has 0 heterocycles. The number of fused-ring (bicyclic) bond motifs is 3. The van der Waals surface area contributed by atoms with Crippen LogP contribution in [-0.4, -0.2) is 0 Å². The second-order valence-electron chi connectivity index (χ2n) is 13.9. The fourth-order valence-electron chi connectivity index (χ4n) is 5.41. The molecule has 3 heteroatoms. The van der Waals surface area contributed by atoms with Crippen molar-refractivity contribution in [2.45, 2.75) is 103 Å². The summed E-state index contributed by atoms with van der Waals surface area (Å²) in [6.45, 7) is 23.5. The molecule has 0 saturated carbocycles. The van der Waals surface area contributed by atoms with Crippen molar-refractivity contribution in [1.82, 2.24) is 0 Å². The topological polar surface area (TPSA) is 0 Å². The summed E-state index contributed by atoms with van der Waals surface area (Å²) in [6, 6.07) is 14.9. The summed E-state index contributed by atoms with van der Waals surface area (Å²) in [7, 11) is 0. The summed E-state index contributed by atoms with van der Waals surface area (Å²) < 4.78 is 2.44. The zero-order valence-corrected chi connectivity index (χ0v) is 28.6. The van der Waals surface area contributed by atoms with Gasteiger partial charge in [-0.1, -0.05) is 0 Å². The standard InChI is InChI=1S/C21H25.C13H21.2ClH.Zr/c1-20(2,3)16-9-7-14-11-15-8-10-17(21(4,5)6)13-19(15)18(14)12-16;1-5-6-7-11-8-9-12(10-11)13(2,3)4;;;/h7-13H,1-6H3;9-11H,5-7H2,1-4H3;2*1H;/q;;;;+2/p-2. The number of allylic oxidation sites excluding steroid dienone is 4. The first kappa shape index (κ1) is 32.6. The fourth-order valence-corrected chi connectivity index (χ4v) is 9.91. The van der Waals surface area contributed by atoms with Crippen molar-refractivity contribution in [3.8, 4) is 11.1 Å². The van der Waals surface area contributed by atoms with Crippen molar-refractivity contribution in [1.29, 1.82) is 0 Å². The van der Waals surface area contributed by atoms with Crippen LogP contribution in [0.2, 0.25) is 0 Å². The number of hydrogen-bond acceptors (Lipinski definition) is 0. The third kappa shape index (κ3) is 6.94. The van der Waals surface area contributed by atoms with E-state index in [0.29, 0.717) is 9.54 Å². The summed E-state index contributed by atoms with van der Waals surface area (Å²) in [4.78, 5) is 0. The van der Waals surface area contributed by atoms with Crippen molar-refractivity contribution >= 4 is 0 Å². The quantitative estimate of drug-likeness (QED) is 0.475. The van der Waals surface area contributed by atoms with Gasteiger partial charge in [0.15, 0.2) is 0 Å². The van der Waals surface area contributed by atoms with Crippen molar-refractivity contribution in [3.63, 3.8) is 0 Å². The molecule has 1 atom stereocenters. The smallest absolute Gasteiger partial charge is 1.00 e. The van der Waals surface area contributed by atoms with E-state index >= 15 is 0 Å². The molecule has 0 saturated heterocycles. The van der Waals surface area contributed by atoms with E-state index in [4.69, 9.17) is 0 Å². The molecule has 1 unspecified atom stereocenters. The molecule has 2 aliphatic rings. The molecule has 200 valence electrons. The number of rotatable bonds is 5. The molecule has 0 fully saturated rings. The molecular formula is C34H46Cl2Zr. The van der Waals surface area contributed by atoms with Crippen LogP contribution in [0.3, 0.4) is 0 Å². The molecule has 0 radical (unpaired) electrons. The van der Waals surface area contributed by atoms with Gasteiger partial charge >= 0.3 is 228 Å². The molecule has 0 N–H and O–H groups in total. The normalized spacial score (nSPS) is 17.2. The van der Waals surface area contributed by atoms with Crippen molar-refractivity contribution in [2.75, 3.05) is 0 Å². The molecule has 0 aromatic heterocycles. The minimum Gasteiger partial charge on any atom is -1.00 e. The first-order chi connectivity index (χ1) is 16.2. The van der Waals surface area contributed by atoms with Crippen LogP contribution in [-0.2, 0) is 34.1 Å². The Bertz CT molecular complexity index is 1100. The van der Waals surface area contributed by atoms with Crippen LogP contribution in [0.5, 0.6) is 0 Å². The Kier molecular flexibility index (Phi) is 10.4. The molecule has 0 spiro atoms. The van der Waals surface area contributed by atoms with Crippen LogP contribution in [0.1, 0.15) is 114 Å². The Balaban J connectivity index is 0.00000241. The van der Waals surface area contributed by atoms with E-state index < -0.39 is 23.2 Å². The van der Waals surface area contributed by atoms with Gasteiger partial charge in [-0.2, -0.15) is 0 Å². The summed E-state index contributed by atoms with van der Waals surface area (Å²) in [5.41, 5.74) is 11.3. The van der Waals surface area contributed by atoms with Crippen molar-refractivity contribution in [2.24, 2.45) is 11.3 Å². The van der Waals surface area contributed by atoms with Gasteiger partial charge in [0.2, 0.25) is 0 Å². The summed E-state index contributed by atoms with van der Waals surface area (Å²) in [5, 5.41) is 0. The van der Waals surface area contributed by atoms with E-state index in [1.165, 1.54) is 41.5 Å². The molecular weight excluding hydrogens is 571 g/mol. The van der Waals surface area contributed by atoms with Crippen LogP contribution >= 0.6 is 0 Å². The maximum absolute atomic E-state index is 2.64. The van der Waals surface area contributed by atoms with E-state index in [1.807, 2.05) is 3.28 Å². The third-order valence-electron chi connectivity index (χ3n) is 7.89. The maximum Gasteiger partial charge on any atom is -1.00 e. The van der Waals surface area contributed by atoms with Crippen LogP contribution in [0.4, 0.5) is 0 Å². The first-order valence-corrected chi connectivity index (χ1v) is 16.3. The molecule has 4 rings (SSSR count). The SMILES string of the molecule is CCCCC1C=C(C(C)(C)C)C=[C]1[Zr+2][CH]1c2ccc(C(C)(C)C)cc2-c2cc(C(C)(C)C)ccc21.[Cl-].[Cl-]. The predicted molar refractivity (Wildman–Crippen MR) is 150 cm³/mol. The number of benzene rings is 2. The van der Waals surface area contributed by atoms with Gasteiger partial charge in [0, 0.05) is 0 Å². The van der Waals surface area contributed by atoms with Gasteiger partial charge in [0.05, 0.1) is 0 Å². The van der Waals surface area contributed by atoms with Crippen LogP contribution in [0, 0.1) is 11.3 Å². The van der Waals surface area contributed by atoms with Gasteiger partial charge in [-0.05, 0) is 0 Å². The summed E-state index contributed by atoms with van der Waals surface area (Å²) >= 11 is -0.869. The van der Waals surface area contributed by atoms with Gasteiger partial charge in [0.1, 0.15) is 0 Å².